The van der Waals surface area contributed by atoms with Crippen molar-refractivity contribution < 1.29 is 9.18 Å². The number of nitrogen functional groups attached to an aromatic ring is 1. The van der Waals surface area contributed by atoms with E-state index in [0.717, 1.165) is 5.57 Å². The number of nitrogens with two attached hydrogens (primary N) is 1. The lowest BCUT2D eigenvalue weighted by Gasteiger charge is -2.38. The summed E-state index contributed by atoms with van der Waals surface area (Å²) in [5.41, 5.74) is 6.57. The number of nitriles is 1. The van der Waals surface area contributed by atoms with E-state index in [2.05, 4.69) is 12.6 Å². The molecule has 1 fully saturated rings. The van der Waals surface area contributed by atoms with Crippen LogP contribution >= 0.6 is 46.4 Å². The van der Waals surface area contributed by atoms with Gasteiger partial charge in [0.05, 0.1) is 54.5 Å². The molecule has 14 heteroatoms. The molecule has 0 saturated carbocycles. The fraction of sp³-hybridized carbons (Fsp3) is 0.312. The number of allylic oxidation sites excluding steroid dienone is 2. The zero-order chi connectivity index (χ0) is 33.8. The number of likely N-dealkylation sites (N-methyl/N-ethyl adjacent to an activating group) is 1. The average Bonchev–Trinajstić information content (AvgIpc) is 3.03. The third-order valence-corrected chi connectivity index (χ3v) is 9.88. The summed E-state index contributed by atoms with van der Waals surface area (Å²) in [4.78, 5) is 37.1. The van der Waals surface area contributed by atoms with Gasteiger partial charge in [0.1, 0.15) is 17.3 Å². The number of nitrogens with zero attached hydrogens (tertiary/aromatic N) is 6. The highest BCUT2D eigenvalue weighted by atomic mass is 35.5. The Balaban J connectivity index is 1.91. The lowest BCUT2D eigenvalue weighted by atomic mass is 9.93. The summed E-state index contributed by atoms with van der Waals surface area (Å²) in [6.45, 7) is 10.8. The molecule has 5 rings (SSSR count). The van der Waals surface area contributed by atoms with E-state index in [4.69, 9.17) is 57.1 Å². The lowest BCUT2D eigenvalue weighted by molar-refractivity contribution is -0.126. The Kier molecular flexibility index (Phi) is 9.35. The standard InChI is InChI=1S/C32H30Cl4FN7O2/c1-6-20(45)42-9-11-43(12-10-42)30-17-13-19(33)27(21-22(34)26(39)24(36)23(35)25(21)37)40-31(17)44(32(46)18(30)14-38)29-16(4)7-8-41(5)28(29)15(2)3/h6-8,13,15,28H,1,9-12,39H2,2-5H3. The van der Waals surface area contributed by atoms with Gasteiger partial charge in [-0.05, 0) is 42.8 Å². The highest BCUT2D eigenvalue weighted by molar-refractivity contribution is 6.47. The smallest absolute Gasteiger partial charge is 0.276 e. The number of halogens is 5. The van der Waals surface area contributed by atoms with Crippen molar-refractivity contribution in [2.75, 3.05) is 43.9 Å². The number of amides is 1. The fourth-order valence-corrected chi connectivity index (χ4v) is 7.10. The maximum absolute atomic E-state index is 15.8. The van der Waals surface area contributed by atoms with Gasteiger partial charge in [0.25, 0.3) is 5.56 Å². The minimum atomic E-state index is -0.985. The number of carbonyl (C=O) groups excluding carboxylic acids is 1. The summed E-state index contributed by atoms with van der Waals surface area (Å²) in [5.74, 6) is -1.18. The maximum atomic E-state index is 15.8. The van der Waals surface area contributed by atoms with Crippen LogP contribution in [0.15, 0.2) is 41.4 Å². The van der Waals surface area contributed by atoms with Crippen molar-refractivity contribution in [3.8, 4) is 17.3 Å². The van der Waals surface area contributed by atoms with E-state index in [9.17, 15) is 14.9 Å². The highest BCUT2D eigenvalue weighted by Gasteiger charge is 2.34. The van der Waals surface area contributed by atoms with Crippen LogP contribution in [0.4, 0.5) is 15.8 Å². The maximum Gasteiger partial charge on any atom is 0.276 e. The first-order chi connectivity index (χ1) is 21.7. The third kappa shape index (κ3) is 5.39. The number of piperazine rings is 1. The first-order valence-corrected chi connectivity index (χ1v) is 15.8. The number of anilines is 2. The van der Waals surface area contributed by atoms with Gasteiger partial charge < -0.3 is 20.4 Å². The molecule has 4 heterocycles. The van der Waals surface area contributed by atoms with E-state index < -0.39 is 16.4 Å². The number of aromatic nitrogens is 2. The molecular formula is C32H30Cl4FN7O2. The molecular weight excluding hydrogens is 675 g/mol. The van der Waals surface area contributed by atoms with Crippen molar-refractivity contribution in [3.63, 3.8) is 0 Å². The second kappa shape index (κ2) is 12.8. The largest absolute Gasteiger partial charge is 0.396 e. The first-order valence-electron chi connectivity index (χ1n) is 14.3. The summed E-state index contributed by atoms with van der Waals surface area (Å²) >= 11 is 25.7. The highest BCUT2D eigenvalue weighted by Crippen LogP contribution is 2.46. The van der Waals surface area contributed by atoms with Crippen molar-refractivity contribution >= 4 is 80.4 Å². The molecule has 46 heavy (non-hydrogen) atoms. The van der Waals surface area contributed by atoms with Gasteiger partial charge in [-0.25, -0.2) is 9.37 Å². The Hall–Kier alpha value is -3.75. The molecule has 0 radical (unpaired) electrons. The molecule has 0 aliphatic carbocycles. The van der Waals surface area contributed by atoms with Gasteiger partial charge in [-0.3, -0.25) is 14.2 Å². The number of hydrogen-bond donors (Lipinski definition) is 1. The third-order valence-electron chi connectivity index (χ3n) is 8.36. The number of rotatable bonds is 5. The molecule has 2 N–H and O–H groups in total. The SMILES string of the molecule is C=CC(=O)N1CCN(c2c(C#N)c(=O)n(C3=C(C)C=CN(C)C3C(C)C)c3nc(-c4c(F)c(Cl)c(Cl)c(N)c4Cl)c(Cl)cc23)CC1. The van der Waals surface area contributed by atoms with Gasteiger partial charge >= 0.3 is 0 Å². The molecule has 1 unspecified atom stereocenters. The monoisotopic (exact) mass is 703 g/mol. The summed E-state index contributed by atoms with van der Waals surface area (Å²) in [5, 5.41) is 9.85. The molecule has 1 amide bonds. The van der Waals surface area contributed by atoms with Crippen molar-refractivity contribution in [3.05, 3.63) is 78.4 Å². The Morgan fingerprint density at radius 1 is 1.17 bits per heavy atom. The van der Waals surface area contributed by atoms with Gasteiger partial charge in [-0.2, -0.15) is 5.26 Å². The van der Waals surface area contributed by atoms with Crippen LogP contribution in [0.3, 0.4) is 0 Å². The number of pyridine rings is 2. The van der Waals surface area contributed by atoms with E-state index in [0.29, 0.717) is 42.9 Å². The summed E-state index contributed by atoms with van der Waals surface area (Å²) in [6, 6.07) is 3.37. The van der Waals surface area contributed by atoms with Crippen molar-refractivity contribution in [1.82, 2.24) is 19.4 Å². The zero-order valence-electron chi connectivity index (χ0n) is 25.5. The molecule has 1 saturated heterocycles. The van der Waals surface area contributed by atoms with E-state index in [1.165, 1.54) is 16.7 Å². The predicted molar refractivity (Wildman–Crippen MR) is 184 cm³/mol. The number of benzene rings is 1. The molecule has 9 nitrogen and oxygen atoms in total. The van der Waals surface area contributed by atoms with Crippen molar-refractivity contribution in [1.29, 1.82) is 5.26 Å². The van der Waals surface area contributed by atoms with E-state index >= 15 is 4.39 Å². The number of hydrogen-bond acceptors (Lipinski definition) is 7. The van der Waals surface area contributed by atoms with E-state index in [1.807, 2.05) is 49.9 Å². The second-order valence-electron chi connectivity index (χ2n) is 11.5. The quantitative estimate of drug-likeness (QED) is 0.134. The topological polar surface area (TPSA) is 111 Å². The lowest BCUT2D eigenvalue weighted by Crippen LogP contribution is -2.49. The molecule has 2 aliphatic heterocycles. The van der Waals surface area contributed by atoms with Crippen LogP contribution in [0.1, 0.15) is 26.3 Å². The Morgan fingerprint density at radius 3 is 2.41 bits per heavy atom. The molecule has 1 aromatic carbocycles. The van der Waals surface area contributed by atoms with E-state index in [-0.39, 0.29) is 61.1 Å². The molecule has 2 aromatic heterocycles. The van der Waals surface area contributed by atoms with Crippen LogP contribution in [0.5, 0.6) is 0 Å². The Bertz CT molecular complexity index is 1950. The minimum Gasteiger partial charge on any atom is -0.396 e. The van der Waals surface area contributed by atoms with Gasteiger partial charge in [0.2, 0.25) is 5.91 Å². The van der Waals surface area contributed by atoms with Gasteiger partial charge in [-0.15, -0.1) is 0 Å². The van der Waals surface area contributed by atoms with Crippen LogP contribution in [0.25, 0.3) is 28.0 Å². The van der Waals surface area contributed by atoms with Crippen LogP contribution in [0, 0.1) is 23.1 Å². The molecule has 1 atom stereocenters. The van der Waals surface area contributed by atoms with Crippen LogP contribution < -0.4 is 16.2 Å². The van der Waals surface area contributed by atoms with Gasteiger partial charge in [0.15, 0.2) is 5.82 Å². The fourth-order valence-electron chi connectivity index (χ4n) is 6.16. The summed E-state index contributed by atoms with van der Waals surface area (Å²) < 4.78 is 17.2. The molecule has 2 aliphatic rings. The minimum absolute atomic E-state index is 0.0241. The normalized spacial score (nSPS) is 16.9. The van der Waals surface area contributed by atoms with Gasteiger partial charge in [0, 0.05) is 38.6 Å². The summed E-state index contributed by atoms with van der Waals surface area (Å²) in [6.07, 6.45) is 5.04. The van der Waals surface area contributed by atoms with Crippen LogP contribution in [-0.2, 0) is 4.79 Å². The number of carbonyl (C=O) groups is 1. The molecule has 240 valence electrons. The summed E-state index contributed by atoms with van der Waals surface area (Å²) in [7, 11) is 1.90. The Labute approximate surface area is 285 Å². The van der Waals surface area contributed by atoms with Crippen molar-refractivity contribution in [2.45, 2.75) is 26.8 Å². The Morgan fingerprint density at radius 2 is 1.83 bits per heavy atom. The van der Waals surface area contributed by atoms with Gasteiger partial charge in [-0.1, -0.05) is 66.8 Å². The van der Waals surface area contributed by atoms with Crippen molar-refractivity contribution in [2.24, 2.45) is 5.92 Å². The molecule has 0 bridgehead atoms. The predicted octanol–water partition coefficient (Wildman–Crippen LogP) is 6.82. The average molecular weight is 705 g/mol. The van der Waals surface area contributed by atoms with Crippen LogP contribution in [-0.4, -0.2) is 64.5 Å². The zero-order valence-corrected chi connectivity index (χ0v) is 28.5. The first kappa shape index (κ1) is 33.6. The second-order valence-corrected chi connectivity index (χ2v) is 13.0. The molecule has 3 aromatic rings. The van der Waals surface area contributed by atoms with E-state index in [1.54, 1.807) is 4.90 Å². The van der Waals surface area contributed by atoms with Crippen LogP contribution in [0.2, 0.25) is 20.1 Å². The molecule has 0 spiro atoms. The number of fused-ring (bicyclic) bond motifs is 1.